The summed E-state index contributed by atoms with van der Waals surface area (Å²) in [6.07, 6.45) is 7.57. The third-order valence-corrected chi connectivity index (χ3v) is 4.47. The lowest BCUT2D eigenvalue weighted by atomic mass is 9.86. The van der Waals surface area contributed by atoms with Gasteiger partial charge in [-0.25, -0.2) is 0 Å². The molecule has 0 fully saturated rings. The molecular weight excluding hydrogens is 340 g/mol. The minimum atomic E-state index is -0.130. The molecule has 0 saturated heterocycles. The zero-order valence-corrected chi connectivity index (χ0v) is 15.0. The van der Waals surface area contributed by atoms with Crippen molar-refractivity contribution in [3.05, 3.63) is 53.0 Å². The summed E-state index contributed by atoms with van der Waals surface area (Å²) in [5.74, 6) is -0.0382. The Labute approximate surface area is 142 Å². The molecule has 2 nitrogen and oxygen atoms in total. The van der Waals surface area contributed by atoms with Gasteiger partial charge in [0.25, 0.3) is 0 Å². The smallest absolute Gasteiger partial charge is 0.309 e. The van der Waals surface area contributed by atoms with Crippen LogP contribution in [-0.2, 0) is 9.53 Å². The van der Waals surface area contributed by atoms with E-state index in [0.29, 0.717) is 0 Å². The molecule has 3 heteroatoms. The van der Waals surface area contributed by atoms with Gasteiger partial charge < -0.3 is 4.74 Å². The number of benzene rings is 1. The summed E-state index contributed by atoms with van der Waals surface area (Å²) in [5.41, 5.74) is 1.18. The van der Waals surface area contributed by atoms with Crippen LogP contribution in [0.3, 0.4) is 0 Å². The van der Waals surface area contributed by atoms with E-state index in [2.05, 4.69) is 47.6 Å². The van der Waals surface area contributed by atoms with Crippen molar-refractivity contribution in [2.24, 2.45) is 11.8 Å². The first-order valence-corrected chi connectivity index (χ1v) is 8.53. The van der Waals surface area contributed by atoms with Gasteiger partial charge in [0, 0.05) is 0 Å². The number of halogens is 1. The van der Waals surface area contributed by atoms with Crippen LogP contribution in [0, 0.1) is 11.8 Å². The van der Waals surface area contributed by atoms with Crippen molar-refractivity contribution < 1.29 is 9.53 Å². The topological polar surface area (TPSA) is 26.3 Å². The van der Waals surface area contributed by atoms with E-state index in [1.807, 2.05) is 24.3 Å². The number of esters is 1. The molecule has 0 aliphatic rings. The minimum absolute atomic E-state index is 0.0930. The zero-order valence-electron chi connectivity index (χ0n) is 13.4. The van der Waals surface area contributed by atoms with Crippen LogP contribution in [0.25, 0.3) is 6.08 Å². The zero-order chi connectivity index (χ0) is 16.4. The van der Waals surface area contributed by atoms with Crippen LogP contribution >= 0.6 is 15.9 Å². The Morgan fingerprint density at radius 2 is 2.05 bits per heavy atom. The van der Waals surface area contributed by atoms with Crippen LogP contribution in [0.1, 0.15) is 38.2 Å². The fraction of sp³-hybridized carbons (Fsp3) is 0.421. The first kappa shape index (κ1) is 18.7. The number of methoxy groups -OCH3 is 1. The highest BCUT2D eigenvalue weighted by atomic mass is 79.9. The Hall–Kier alpha value is -1.35. The molecule has 0 aliphatic carbocycles. The predicted molar refractivity (Wildman–Crippen MR) is 96.7 cm³/mol. The van der Waals surface area contributed by atoms with Crippen molar-refractivity contribution in [3.63, 3.8) is 0 Å². The fourth-order valence-electron chi connectivity index (χ4n) is 2.57. The van der Waals surface area contributed by atoms with E-state index in [0.717, 1.165) is 30.2 Å². The van der Waals surface area contributed by atoms with Crippen molar-refractivity contribution in [3.8, 4) is 0 Å². The SMILES string of the molecule is C=CC(CC)[C@@H](CCC/C(Br)=C/c1ccccc1)C(=O)OC. The van der Waals surface area contributed by atoms with Crippen molar-refractivity contribution in [2.75, 3.05) is 7.11 Å². The summed E-state index contributed by atoms with van der Waals surface area (Å²) in [6.45, 7) is 5.92. The van der Waals surface area contributed by atoms with E-state index in [4.69, 9.17) is 4.74 Å². The molecular formula is C19H25BrO2. The first-order chi connectivity index (χ1) is 10.6. The van der Waals surface area contributed by atoms with E-state index in [1.54, 1.807) is 0 Å². The molecule has 0 N–H and O–H groups in total. The summed E-state index contributed by atoms with van der Waals surface area (Å²) < 4.78 is 6.08. The second kappa shape index (κ2) is 10.4. The Kier molecular flexibility index (Phi) is 8.83. The third-order valence-electron chi connectivity index (χ3n) is 3.85. The molecule has 22 heavy (non-hydrogen) atoms. The van der Waals surface area contributed by atoms with Crippen molar-refractivity contribution in [1.29, 1.82) is 0 Å². The molecule has 0 heterocycles. The maximum Gasteiger partial charge on any atom is 0.309 e. The lowest BCUT2D eigenvalue weighted by Gasteiger charge is -2.21. The average Bonchev–Trinajstić information content (AvgIpc) is 2.54. The Balaban J connectivity index is 2.57. The van der Waals surface area contributed by atoms with Gasteiger partial charge in [-0.15, -0.1) is 6.58 Å². The number of allylic oxidation sites excluding steroid dienone is 2. The van der Waals surface area contributed by atoms with Gasteiger partial charge in [0.05, 0.1) is 13.0 Å². The molecule has 1 aromatic carbocycles. The van der Waals surface area contributed by atoms with Gasteiger partial charge in [0.2, 0.25) is 0 Å². The van der Waals surface area contributed by atoms with Crippen molar-refractivity contribution in [2.45, 2.75) is 32.6 Å². The third kappa shape index (κ3) is 6.18. The molecule has 0 aliphatic heterocycles. The minimum Gasteiger partial charge on any atom is -0.469 e. The molecule has 1 aromatic rings. The van der Waals surface area contributed by atoms with E-state index in [-0.39, 0.29) is 17.8 Å². The van der Waals surface area contributed by atoms with Gasteiger partial charge in [-0.05, 0) is 47.7 Å². The number of rotatable bonds is 9. The molecule has 1 unspecified atom stereocenters. The van der Waals surface area contributed by atoms with Gasteiger partial charge in [-0.2, -0.15) is 0 Å². The number of hydrogen-bond donors (Lipinski definition) is 0. The van der Waals surface area contributed by atoms with Gasteiger partial charge in [-0.1, -0.05) is 59.3 Å². The fourth-order valence-corrected chi connectivity index (χ4v) is 3.11. The molecule has 0 aromatic heterocycles. The first-order valence-electron chi connectivity index (χ1n) is 7.73. The standard InChI is InChI=1S/C19H25BrO2/c1-4-16(5-2)18(19(21)22-3)13-9-12-17(20)14-15-10-7-6-8-11-15/h4,6-8,10-11,14,16,18H,1,5,9,12-13H2,2-3H3/b17-14-/t16?,18-/m1/s1. The Morgan fingerprint density at radius 1 is 1.36 bits per heavy atom. The van der Waals surface area contributed by atoms with Gasteiger partial charge in [-0.3, -0.25) is 4.79 Å². The molecule has 1 rings (SSSR count). The van der Waals surface area contributed by atoms with Crippen LogP contribution in [0.5, 0.6) is 0 Å². The van der Waals surface area contributed by atoms with E-state index >= 15 is 0 Å². The largest absolute Gasteiger partial charge is 0.469 e. The molecule has 0 amide bonds. The molecule has 0 radical (unpaired) electrons. The van der Waals surface area contributed by atoms with Crippen LogP contribution in [0.2, 0.25) is 0 Å². The molecule has 0 saturated carbocycles. The molecule has 0 spiro atoms. The van der Waals surface area contributed by atoms with Crippen LogP contribution in [-0.4, -0.2) is 13.1 Å². The van der Waals surface area contributed by atoms with Crippen molar-refractivity contribution in [1.82, 2.24) is 0 Å². The maximum absolute atomic E-state index is 11.9. The van der Waals surface area contributed by atoms with Gasteiger partial charge in [0.1, 0.15) is 0 Å². The van der Waals surface area contributed by atoms with E-state index < -0.39 is 0 Å². The Morgan fingerprint density at radius 3 is 2.59 bits per heavy atom. The lowest BCUT2D eigenvalue weighted by molar-refractivity contribution is -0.147. The second-order valence-electron chi connectivity index (χ2n) is 5.33. The second-order valence-corrected chi connectivity index (χ2v) is 6.35. The maximum atomic E-state index is 11.9. The van der Waals surface area contributed by atoms with Crippen LogP contribution in [0.4, 0.5) is 0 Å². The monoisotopic (exact) mass is 364 g/mol. The van der Waals surface area contributed by atoms with Crippen LogP contribution < -0.4 is 0 Å². The summed E-state index contributed by atoms with van der Waals surface area (Å²) >= 11 is 3.61. The number of ether oxygens (including phenoxy) is 1. The number of carbonyl (C=O) groups excluding carboxylic acids is 1. The average molecular weight is 365 g/mol. The van der Waals surface area contributed by atoms with Gasteiger partial charge >= 0.3 is 5.97 Å². The van der Waals surface area contributed by atoms with E-state index in [1.165, 1.54) is 12.7 Å². The summed E-state index contributed by atoms with van der Waals surface area (Å²) in [4.78, 5) is 11.9. The molecule has 2 atom stereocenters. The number of hydrogen-bond acceptors (Lipinski definition) is 2. The highest BCUT2D eigenvalue weighted by molar-refractivity contribution is 9.11. The van der Waals surface area contributed by atoms with Crippen LogP contribution in [0.15, 0.2) is 47.5 Å². The summed E-state index contributed by atoms with van der Waals surface area (Å²) in [7, 11) is 1.45. The quantitative estimate of drug-likeness (QED) is 0.421. The molecule has 0 bridgehead atoms. The summed E-state index contributed by atoms with van der Waals surface area (Å²) in [6, 6.07) is 10.2. The highest BCUT2D eigenvalue weighted by Gasteiger charge is 2.25. The number of carbonyl (C=O) groups is 1. The van der Waals surface area contributed by atoms with Crippen molar-refractivity contribution >= 4 is 28.0 Å². The predicted octanol–water partition coefficient (Wildman–Crippen LogP) is 5.59. The lowest BCUT2D eigenvalue weighted by Crippen LogP contribution is -2.23. The van der Waals surface area contributed by atoms with E-state index in [9.17, 15) is 4.79 Å². The summed E-state index contributed by atoms with van der Waals surface area (Å²) in [5, 5.41) is 0. The Bertz CT molecular complexity index is 493. The highest BCUT2D eigenvalue weighted by Crippen LogP contribution is 2.26. The molecule has 120 valence electrons. The van der Waals surface area contributed by atoms with Gasteiger partial charge in [0.15, 0.2) is 0 Å². The normalized spacial score (nSPS) is 14.2.